The molecule has 1 fully saturated rings. The smallest absolute Gasteiger partial charge is 0.230 e. The van der Waals surface area contributed by atoms with Crippen LogP contribution in [0.1, 0.15) is 37.5 Å². The molecule has 1 aliphatic rings. The average Bonchev–Trinajstić information content (AvgIpc) is 3.00. The van der Waals surface area contributed by atoms with Crippen molar-refractivity contribution in [3.8, 4) is 11.4 Å². The summed E-state index contributed by atoms with van der Waals surface area (Å²) in [5, 5.41) is 7.34. The van der Waals surface area contributed by atoms with E-state index in [0.29, 0.717) is 28.1 Å². The van der Waals surface area contributed by atoms with Crippen LogP contribution in [0.15, 0.2) is 27.2 Å². The average molecular weight is 354 g/mol. The van der Waals surface area contributed by atoms with Crippen LogP contribution in [0.3, 0.4) is 0 Å². The van der Waals surface area contributed by atoms with Crippen molar-refractivity contribution < 1.29 is 8.91 Å². The predicted octanol–water partition coefficient (Wildman–Crippen LogP) is 3.88. The maximum Gasteiger partial charge on any atom is 0.230 e. The Labute approximate surface area is 131 Å². The zero-order valence-corrected chi connectivity index (χ0v) is 13.4. The van der Waals surface area contributed by atoms with Gasteiger partial charge in [-0.2, -0.15) is 4.98 Å². The SMILES string of the molecule is CNC1CCC(c2nc(-c3ccc(F)c(Br)c3)no2)CC1. The third-order valence-electron chi connectivity index (χ3n) is 4.10. The summed E-state index contributed by atoms with van der Waals surface area (Å²) in [4.78, 5) is 4.48. The summed E-state index contributed by atoms with van der Waals surface area (Å²) in [6.45, 7) is 0. The number of benzene rings is 1. The second-order valence-electron chi connectivity index (χ2n) is 5.42. The van der Waals surface area contributed by atoms with E-state index in [0.717, 1.165) is 31.2 Å². The molecular formula is C15H17BrFN3O. The number of hydrogen-bond acceptors (Lipinski definition) is 4. The standard InChI is InChI=1S/C15H17BrFN3O/c1-18-11-5-2-9(3-6-11)15-19-14(20-21-15)10-4-7-13(17)12(16)8-10/h4,7-9,11,18H,2-3,5-6H2,1H3. The first-order valence-electron chi connectivity index (χ1n) is 7.13. The second kappa shape index (κ2) is 6.23. The van der Waals surface area contributed by atoms with Crippen molar-refractivity contribution >= 4 is 15.9 Å². The molecule has 0 atom stereocenters. The zero-order valence-electron chi connectivity index (χ0n) is 11.8. The topological polar surface area (TPSA) is 51.0 Å². The van der Waals surface area contributed by atoms with Crippen LogP contribution >= 0.6 is 15.9 Å². The van der Waals surface area contributed by atoms with E-state index >= 15 is 0 Å². The second-order valence-corrected chi connectivity index (χ2v) is 6.28. The molecule has 2 aromatic rings. The van der Waals surface area contributed by atoms with Gasteiger partial charge in [-0.25, -0.2) is 4.39 Å². The quantitative estimate of drug-likeness (QED) is 0.909. The molecule has 0 amide bonds. The molecule has 6 heteroatoms. The minimum Gasteiger partial charge on any atom is -0.339 e. The maximum absolute atomic E-state index is 13.3. The number of halogens is 2. The number of rotatable bonds is 3. The molecule has 1 aromatic carbocycles. The summed E-state index contributed by atoms with van der Waals surface area (Å²) in [6, 6.07) is 5.32. The molecule has 0 bridgehead atoms. The molecule has 3 rings (SSSR count). The Morgan fingerprint density at radius 1 is 1.29 bits per heavy atom. The van der Waals surface area contributed by atoms with Crippen LogP contribution in [0.25, 0.3) is 11.4 Å². The van der Waals surface area contributed by atoms with Crippen LogP contribution in [0.2, 0.25) is 0 Å². The van der Waals surface area contributed by atoms with Gasteiger partial charge in [0.05, 0.1) is 4.47 Å². The van der Waals surface area contributed by atoms with E-state index in [-0.39, 0.29) is 5.82 Å². The Morgan fingerprint density at radius 2 is 2.05 bits per heavy atom. The number of aromatic nitrogens is 2. The van der Waals surface area contributed by atoms with Gasteiger partial charge in [-0.1, -0.05) is 5.16 Å². The molecule has 1 aliphatic carbocycles. The van der Waals surface area contributed by atoms with Crippen molar-refractivity contribution in [3.63, 3.8) is 0 Å². The Bertz CT molecular complexity index is 623. The molecule has 4 nitrogen and oxygen atoms in total. The van der Waals surface area contributed by atoms with Gasteiger partial charge in [0.25, 0.3) is 0 Å². The molecule has 1 heterocycles. The summed E-state index contributed by atoms with van der Waals surface area (Å²) < 4.78 is 19.1. The van der Waals surface area contributed by atoms with E-state index in [9.17, 15) is 4.39 Å². The van der Waals surface area contributed by atoms with Gasteiger partial charge in [-0.15, -0.1) is 0 Å². The van der Waals surface area contributed by atoms with E-state index in [1.807, 2.05) is 7.05 Å². The number of nitrogens with zero attached hydrogens (tertiary/aromatic N) is 2. The summed E-state index contributed by atoms with van der Waals surface area (Å²) in [5.41, 5.74) is 0.752. The van der Waals surface area contributed by atoms with Gasteiger partial charge in [-0.3, -0.25) is 0 Å². The molecule has 1 saturated carbocycles. The van der Waals surface area contributed by atoms with Crippen molar-refractivity contribution in [2.24, 2.45) is 0 Å². The van der Waals surface area contributed by atoms with Gasteiger partial charge >= 0.3 is 0 Å². The first-order chi connectivity index (χ1) is 10.2. The third kappa shape index (κ3) is 3.16. The van der Waals surface area contributed by atoms with Crippen molar-refractivity contribution in [1.82, 2.24) is 15.5 Å². The molecular weight excluding hydrogens is 337 g/mol. The van der Waals surface area contributed by atoms with Crippen LogP contribution in [0.4, 0.5) is 4.39 Å². The highest BCUT2D eigenvalue weighted by molar-refractivity contribution is 9.10. The lowest BCUT2D eigenvalue weighted by Crippen LogP contribution is -2.29. The number of hydrogen-bond donors (Lipinski definition) is 1. The molecule has 112 valence electrons. The molecule has 21 heavy (non-hydrogen) atoms. The van der Waals surface area contributed by atoms with Gasteiger partial charge in [-0.05, 0) is 66.9 Å². The van der Waals surface area contributed by atoms with Crippen LogP contribution < -0.4 is 5.32 Å². The van der Waals surface area contributed by atoms with E-state index in [1.54, 1.807) is 12.1 Å². The maximum atomic E-state index is 13.3. The van der Waals surface area contributed by atoms with E-state index in [1.165, 1.54) is 6.07 Å². The van der Waals surface area contributed by atoms with Crippen molar-refractivity contribution in [3.05, 3.63) is 34.4 Å². The molecule has 0 spiro atoms. The molecule has 0 aliphatic heterocycles. The van der Waals surface area contributed by atoms with Crippen LogP contribution in [-0.4, -0.2) is 23.2 Å². The Kier molecular flexibility index (Phi) is 4.35. The Hall–Kier alpha value is -1.27. The molecule has 0 unspecified atom stereocenters. The normalized spacial score (nSPS) is 22.4. The summed E-state index contributed by atoms with van der Waals surface area (Å²) in [6.07, 6.45) is 4.36. The minimum atomic E-state index is -0.298. The van der Waals surface area contributed by atoms with Crippen LogP contribution in [0.5, 0.6) is 0 Å². The lowest BCUT2D eigenvalue weighted by atomic mass is 9.86. The largest absolute Gasteiger partial charge is 0.339 e. The van der Waals surface area contributed by atoms with Gasteiger partial charge < -0.3 is 9.84 Å². The fourth-order valence-electron chi connectivity index (χ4n) is 2.78. The molecule has 1 N–H and O–H groups in total. The van der Waals surface area contributed by atoms with Crippen molar-refractivity contribution in [2.45, 2.75) is 37.6 Å². The van der Waals surface area contributed by atoms with Gasteiger partial charge in [0, 0.05) is 17.5 Å². The van der Waals surface area contributed by atoms with Gasteiger partial charge in [0.1, 0.15) is 5.82 Å². The van der Waals surface area contributed by atoms with E-state index in [2.05, 4.69) is 31.4 Å². The molecule has 0 radical (unpaired) electrons. The zero-order chi connectivity index (χ0) is 14.8. The highest BCUT2D eigenvalue weighted by atomic mass is 79.9. The number of nitrogens with one attached hydrogen (secondary N) is 1. The first kappa shape index (κ1) is 14.7. The van der Waals surface area contributed by atoms with Crippen molar-refractivity contribution in [2.75, 3.05) is 7.05 Å². The van der Waals surface area contributed by atoms with Crippen LogP contribution in [-0.2, 0) is 0 Å². The summed E-state index contributed by atoms with van der Waals surface area (Å²) >= 11 is 3.17. The fraction of sp³-hybridized carbons (Fsp3) is 0.467. The lowest BCUT2D eigenvalue weighted by Gasteiger charge is -2.25. The lowest BCUT2D eigenvalue weighted by molar-refractivity contribution is 0.289. The Balaban J connectivity index is 1.76. The van der Waals surface area contributed by atoms with Crippen LogP contribution in [0, 0.1) is 5.82 Å². The van der Waals surface area contributed by atoms with Gasteiger partial charge in [0.2, 0.25) is 11.7 Å². The fourth-order valence-corrected chi connectivity index (χ4v) is 3.16. The molecule has 0 saturated heterocycles. The van der Waals surface area contributed by atoms with E-state index < -0.39 is 0 Å². The minimum absolute atomic E-state index is 0.298. The van der Waals surface area contributed by atoms with E-state index in [4.69, 9.17) is 4.52 Å². The molecule has 1 aromatic heterocycles. The summed E-state index contributed by atoms with van der Waals surface area (Å²) in [5.74, 6) is 1.24. The highest BCUT2D eigenvalue weighted by Crippen LogP contribution is 2.33. The van der Waals surface area contributed by atoms with Crippen molar-refractivity contribution in [1.29, 1.82) is 0 Å². The highest BCUT2D eigenvalue weighted by Gasteiger charge is 2.26. The predicted molar refractivity (Wildman–Crippen MR) is 81.4 cm³/mol. The summed E-state index contributed by atoms with van der Waals surface area (Å²) in [7, 11) is 2.00. The Morgan fingerprint density at radius 3 is 2.71 bits per heavy atom. The monoisotopic (exact) mass is 353 g/mol. The van der Waals surface area contributed by atoms with Gasteiger partial charge in [0.15, 0.2) is 0 Å². The first-order valence-corrected chi connectivity index (χ1v) is 7.93. The third-order valence-corrected chi connectivity index (χ3v) is 4.71.